The van der Waals surface area contributed by atoms with Gasteiger partial charge in [0.05, 0.1) is 7.11 Å². The zero-order chi connectivity index (χ0) is 16.7. The molecular weight excluding hydrogens is 290 g/mol. The van der Waals surface area contributed by atoms with Crippen molar-refractivity contribution in [1.29, 1.82) is 0 Å². The van der Waals surface area contributed by atoms with Crippen molar-refractivity contribution in [3.8, 4) is 5.75 Å². The number of amides is 2. The highest BCUT2D eigenvalue weighted by Gasteiger charge is 2.10. The van der Waals surface area contributed by atoms with Gasteiger partial charge in [0.1, 0.15) is 5.75 Å². The number of urea groups is 1. The summed E-state index contributed by atoms with van der Waals surface area (Å²) in [6.07, 6.45) is 4.83. The summed E-state index contributed by atoms with van der Waals surface area (Å²) in [5.74, 6) is 0.873. The standard InChI is InChI=1S/C18H29N3O2/c1-14-12-16(13-15(2)17(14)23-3)20-18(22)19-8-4-5-9-21-10-6-7-11-21/h12-13H,4-11H2,1-3H3,(H2,19,20,22). The van der Waals surface area contributed by atoms with E-state index in [1.54, 1.807) is 7.11 Å². The van der Waals surface area contributed by atoms with Gasteiger partial charge in [-0.05, 0) is 82.4 Å². The van der Waals surface area contributed by atoms with E-state index in [1.165, 1.54) is 25.9 Å². The lowest BCUT2D eigenvalue weighted by Gasteiger charge is -2.14. The first-order chi connectivity index (χ1) is 11.1. The molecule has 1 aliphatic heterocycles. The minimum atomic E-state index is -0.143. The van der Waals surface area contributed by atoms with Crippen molar-refractivity contribution in [2.75, 3.05) is 38.6 Å². The first kappa shape index (κ1) is 17.6. The number of hydrogen-bond acceptors (Lipinski definition) is 3. The molecule has 1 saturated heterocycles. The van der Waals surface area contributed by atoms with Crippen molar-refractivity contribution < 1.29 is 9.53 Å². The highest BCUT2D eigenvalue weighted by molar-refractivity contribution is 5.89. The van der Waals surface area contributed by atoms with Crippen molar-refractivity contribution in [2.24, 2.45) is 0 Å². The van der Waals surface area contributed by atoms with E-state index in [1.807, 2.05) is 26.0 Å². The Morgan fingerprint density at radius 3 is 2.43 bits per heavy atom. The van der Waals surface area contributed by atoms with Gasteiger partial charge in [0.25, 0.3) is 0 Å². The number of unbranched alkanes of at least 4 members (excludes halogenated alkanes) is 1. The number of hydrogen-bond donors (Lipinski definition) is 2. The van der Waals surface area contributed by atoms with Crippen LogP contribution in [-0.4, -0.2) is 44.2 Å². The normalized spacial score (nSPS) is 14.7. The molecule has 1 fully saturated rings. The summed E-state index contributed by atoms with van der Waals surface area (Å²) in [6, 6.07) is 3.72. The second-order valence-electron chi connectivity index (χ2n) is 6.28. The van der Waals surface area contributed by atoms with Crippen LogP contribution in [0.2, 0.25) is 0 Å². The third-order valence-electron chi connectivity index (χ3n) is 4.31. The smallest absolute Gasteiger partial charge is 0.319 e. The Bertz CT molecular complexity index is 502. The van der Waals surface area contributed by atoms with E-state index in [2.05, 4.69) is 15.5 Å². The van der Waals surface area contributed by atoms with Gasteiger partial charge in [0.15, 0.2) is 0 Å². The second-order valence-corrected chi connectivity index (χ2v) is 6.28. The molecule has 0 bridgehead atoms. The number of aryl methyl sites for hydroxylation is 2. The molecule has 5 nitrogen and oxygen atoms in total. The largest absolute Gasteiger partial charge is 0.496 e. The van der Waals surface area contributed by atoms with Crippen LogP contribution in [0.25, 0.3) is 0 Å². The van der Waals surface area contributed by atoms with E-state index in [-0.39, 0.29) is 6.03 Å². The van der Waals surface area contributed by atoms with E-state index in [9.17, 15) is 4.79 Å². The Morgan fingerprint density at radius 1 is 1.17 bits per heavy atom. The first-order valence-electron chi connectivity index (χ1n) is 8.52. The number of rotatable bonds is 7. The fourth-order valence-corrected chi connectivity index (χ4v) is 3.19. The Labute approximate surface area is 139 Å². The summed E-state index contributed by atoms with van der Waals surface area (Å²) < 4.78 is 5.34. The zero-order valence-electron chi connectivity index (χ0n) is 14.6. The lowest BCUT2D eigenvalue weighted by molar-refractivity contribution is 0.251. The first-order valence-corrected chi connectivity index (χ1v) is 8.52. The van der Waals surface area contributed by atoms with Crippen molar-refractivity contribution in [3.05, 3.63) is 23.3 Å². The molecule has 0 saturated carbocycles. The molecule has 2 rings (SSSR count). The number of nitrogens with zero attached hydrogens (tertiary/aromatic N) is 1. The molecule has 5 heteroatoms. The number of anilines is 1. The Hall–Kier alpha value is -1.75. The van der Waals surface area contributed by atoms with Crippen LogP contribution in [-0.2, 0) is 0 Å². The quantitative estimate of drug-likeness (QED) is 0.758. The van der Waals surface area contributed by atoms with Crippen LogP contribution in [0.1, 0.15) is 36.8 Å². The van der Waals surface area contributed by atoms with Gasteiger partial charge in [-0.2, -0.15) is 0 Å². The predicted molar refractivity (Wildman–Crippen MR) is 94.4 cm³/mol. The average Bonchev–Trinajstić information content (AvgIpc) is 3.00. The van der Waals surface area contributed by atoms with Gasteiger partial charge < -0.3 is 20.3 Å². The molecule has 0 atom stereocenters. The maximum atomic E-state index is 11.9. The maximum Gasteiger partial charge on any atom is 0.319 e. The molecule has 2 N–H and O–H groups in total. The summed E-state index contributed by atoms with van der Waals surface area (Å²) in [5, 5.41) is 5.82. The number of carbonyl (C=O) groups excluding carboxylic acids is 1. The fraction of sp³-hybridized carbons (Fsp3) is 0.611. The highest BCUT2D eigenvalue weighted by Crippen LogP contribution is 2.26. The topological polar surface area (TPSA) is 53.6 Å². The molecule has 1 aromatic carbocycles. The number of likely N-dealkylation sites (tertiary alicyclic amines) is 1. The molecule has 1 heterocycles. The van der Waals surface area contributed by atoms with E-state index in [0.717, 1.165) is 42.0 Å². The summed E-state index contributed by atoms with van der Waals surface area (Å²) in [6.45, 7) is 8.31. The monoisotopic (exact) mass is 319 g/mol. The number of benzene rings is 1. The number of nitrogens with one attached hydrogen (secondary N) is 2. The SMILES string of the molecule is COc1c(C)cc(NC(=O)NCCCCN2CCCC2)cc1C. The number of carbonyl (C=O) groups is 1. The second kappa shape index (κ2) is 8.77. The minimum Gasteiger partial charge on any atom is -0.496 e. The van der Waals surface area contributed by atoms with Crippen molar-refractivity contribution in [2.45, 2.75) is 39.5 Å². The third-order valence-corrected chi connectivity index (χ3v) is 4.31. The van der Waals surface area contributed by atoms with Gasteiger partial charge in [0.2, 0.25) is 0 Å². The van der Waals surface area contributed by atoms with Crippen molar-refractivity contribution >= 4 is 11.7 Å². The Kier molecular flexibility index (Phi) is 6.71. The number of ether oxygens (including phenoxy) is 1. The molecule has 23 heavy (non-hydrogen) atoms. The summed E-state index contributed by atoms with van der Waals surface area (Å²) in [5.41, 5.74) is 2.84. The van der Waals surface area contributed by atoms with E-state index in [0.29, 0.717) is 6.54 Å². The predicted octanol–water partition coefficient (Wildman–Crippen LogP) is 3.31. The van der Waals surface area contributed by atoms with Crippen molar-refractivity contribution in [3.63, 3.8) is 0 Å². The lowest BCUT2D eigenvalue weighted by Crippen LogP contribution is -2.30. The van der Waals surface area contributed by atoms with Crippen LogP contribution in [0, 0.1) is 13.8 Å². The highest BCUT2D eigenvalue weighted by atomic mass is 16.5. The average molecular weight is 319 g/mol. The van der Waals surface area contributed by atoms with Crippen LogP contribution >= 0.6 is 0 Å². The van der Waals surface area contributed by atoms with Gasteiger partial charge in [-0.1, -0.05) is 0 Å². The molecule has 0 radical (unpaired) electrons. The van der Waals surface area contributed by atoms with Crippen LogP contribution in [0.15, 0.2) is 12.1 Å². The fourth-order valence-electron chi connectivity index (χ4n) is 3.19. The molecule has 0 spiro atoms. The van der Waals surface area contributed by atoms with E-state index in [4.69, 9.17) is 4.74 Å². The summed E-state index contributed by atoms with van der Waals surface area (Å²) in [4.78, 5) is 14.4. The Morgan fingerprint density at radius 2 is 1.83 bits per heavy atom. The minimum absolute atomic E-state index is 0.143. The maximum absolute atomic E-state index is 11.9. The molecule has 128 valence electrons. The van der Waals surface area contributed by atoms with Gasteiger partial charge in [-0.25, -0.2) is 4.79 Å². The summed E-state index contributed by atoms with van der Waals surface area (Å²) >= 11 is 0. The van der Waals surface area contributed by atoms with E-state index < -0.39 is 0 Å². The molecule has 2 amide bonds. The van der Waals surface area contributed by atoms with Gasteiger partial charge in [-0.3, -0.25) is 0 Å². The van der Waals surface area contributed by atoms with Crippen LogP contribution in [0.4, 0.5) is 10.5 Å². The molecule has 0 unspecified atom stereocenters. The molecule has 1 aromatic rings. The molecule has 0 aliphatic carbocycles. The van der Waals surface area contributed by atoms with Crippen molar-refractivity contribution in [1.82, 2.24) is 10.2 Å². The van der Waals surface area contributed by atoms with Crippen LogP contribution < -0.4 is 15.4 Å². The Balaban J connectivity index is 1.68. The van der Waals surface area contributed by atoms with Crippen LogP contribution in [0.3, 0.4) is 0 Å². The molecule has 1 aliphatic rings. The molecular formula is C18H29N3O2. The number of methoxy groups -OCH3 is 1. The van der Waals surface area contributed by atoms with Gasteiger partial charge in [-0.15, -0.1) is 0 Å². The molecule has 0 aromatic heterocycles. The third kappa shape index (κ3) is 5.43. The zero-order valence-corrected chi connectivity index (χ0v) is 14.6. The summed E-state index contributed by atoms with van der Waals surface area (Å²) in [7, 11) is 1.66. The van der Waals surface area contributed by atoms with E-state index >= 15 is 0 Å². The van der Waals surface area contributed by atoms with Gasteiger partial charge >= 0.3 is 6.03 Å². The van der Waals surface area contributed by atoms with Crippen LogP contribution in [0.5, 0.6) is 5.75 Å². The lowest BCUT2D eigenvalue weighted by atomic mass is 10.1. The van der Waals surface area contributed by atoms with Gasteiger partial charge in [0, 0.05) is 12.2 Å².